The second-order valence-electron chi connectivity index (χ2n) is 7.73. The molecule has 1 aliphatic heterocycles. The molecule has 5 heteroatoms. The van der Waals surface area contributed by atoms with Crippen LogP contribution in [0.2, 0.25) is 18.1 Å². The number of quaternary nitrogens is 1. The first-order valence-electron chi connectivity index (χ1n) is 7.89. The molecule has 2 atom stereocenters. The highest BCUT2D eigenvalue weighted by molar-refractivity contribution is 6.73. The molecule has 2 unspecified atom stereocenters. The summed E-state index contributed by atoms with van der Waals surface area (Å²) in [5.41, 5.74) is 0.950. The first-order valence-corrected chi connectivity index (χ1v) is 10.8. The summed E-state index contributed by atoms with van der Waals surface area (Å²) < 4.78 is 5.06. The first-order chi connectivity index (χ1) is 10.1. The van der Waals surface area contributed by atoms with Crippen molar-refractivity contribution in [1.82, 2.24) is 0 Å². The normalized spacial score (nSPS) is 25.5. The SMILES string of the molecule is CC(C)(C)[Si](C)(C)[N+]1([O-])CCC1C(=O)OCc1ccccc1. The smallest absolute Gasteiger partial charge is 0.364 e. The van der Waals surface area contributed by atoms with Crippen molar-refractivity contribution in [2.75, 3.05) is 6.54 Å². The number of benzene rings is 1. The predicted molar refractivity (Wildman–Crippen MR) is 90.3 cm³/mol. The lowest BCUT2D eigenvalue weighted by atomic mass is 10.1. The van der Waals surface area contributed by atoms with E-state index < -0.39 is 14.3 Å². The van der Waals surface area contributed by atoms with Gasteiger partial charge in [0, 0.05) is 5.04 Å². The van der Waals surface area contributed by atoms with Crippen molar-refractivity contribution in [2.45, 2.75) is 58.0 Å². The van der Waals surface area contributed by atoms with Crippen LogP contribution in [0.3, 0.4) is 0 Å². The van der Waals surface area contributed by atoms with E-state index in [-0.39, 0.29) is 21.9 Å². The zero-order valence-corrected chi connectivity index (χ0v) is 15.3. The number of hydrogen-bond acceptors (Lipinski definition) is 3. The molecule has 0 radical (unpaired) electrons. The summed E-state index contributed by atoms with van der Waals surface area (Å²) in [5.74, 6) is -0.338. The van der Waals surface area contributed by atoms with Gasteiger partial charge in [-0.1, -0.05) is 51.1 Å². The summed E-state index contributed by atoms with van der Waals surface area (Å²) in [6, 6.07) is 9.05. The monoisotopic (exact) mass is 321 g/mol. The van der Waals surface area contributed by atoms with Crippen LogP contribution >= 0.6 is 0 Å². The number of carbonyl (C=O) groups is 1. The molecular weight excluding hydrogens is 294 g/mol. The molecule has 2 rings (SSSR count). The highest BCUT2D eigenvalue weighted by Gasteiger charge is 2.60. The molecule has 4 nitrogen and oxygen atoms in total. The molecule has 0 amide bonds. The molecule has 0 spiro atoms. The van der Waals surface area contributed by atoms with E-state index in [1.165, 1.54) is 0 Å². The minimum atomic E-state index is -2.20. The first kappa shape index (κ1) is 17.2. The van der Waals surface area contributed by atoms with Crippen molar-refractivity contribution in [1.29, 1.82) is 0 Å². The Balaban J connectivity index is 2.05. The van der Waals surface area contributed by atoms with Crippen LogP contribution in [0.1, 0.15) is 32.8 Å². The van der Waals surface area contributed by atoms with Gasteiger partial charge in [0.1, 0.15) is 6.61 Å². The molecule has 0 N–H and O–H groups in total. The Hall–Kier alpha value is -1.17. The number of rotatable bonds is 4. The van der Waals surface area contributed by atoms with Crippen LogP contribution in [0.25, 0.3) is 0 Å². The Labute approximate surface area is 134 Å². The number of ether oxygens (including phenoxy) is 1. The number of hydroxylamine groups is 2. The van der Waals surface area contributed by atoms with E-state index in [0.29, 0.717) is 13.0 Å². The summed E-state index contributed by atoms with van der Waals surface area (Å²) in [6.07, 6.45) is 0.642. The maximum atomic E-state index is 13.3. The summed E-state index contributed by atoms with van der Waals surface area (Å²) in [4.78, 5) is 12.4. The van der Waals surface area contributed by atoms with Crippen LogP contribution in [0.15, 0.2) is 30.3 Å². The van der Waals surface area contributed by atoms with Gasteiger partial charge in [0.2, 0.25) is 0 Å². The average Bonchev–Trinajstić information content (AvgIpc) is 2.43. The molecule has 0 aromatic heterocycles. The maximum absolute atomic E-state index is 13.3. The Morgan fingerprint density at radius 3 is 2.36 bits per heavy atom. The van der Waals surface area contributed by atoms with Crippen molar-refractivity contribution >= 4 is 14.2 Å². The molecule has 22 heavy (non-hydrogen) atoms. The number of nitrogens with zero attached hydrogens (tertiary/aromatic N) is 1. The predicted octanol–water partition coefficient (Wildman–Crippen LogP) is 3.82. The van der Waals surface area contributed by atoms with Gasteiger partial charge in [0.05, 0.1) is 13.0 Å². The third-order valence-electron chi connectivity index (χ3n) is 5.52. The second-order valence-corrected chi connectivity index (χ2v) is 13.1. The fourth-order valence-electron chi connectivity index (χ4n) is 2.84. The molecule has 1 fully saturated rings. The van der Waals surface area contributed by atoms with Crippen molar-refractivity contribution < 1.29 is 13.8 Å². The molecule has 0 bridgehead atoms. The second kappa shape index (κ2) is 5.79. The standard InChI is InChI=1S/C17H27NO3Si/c1-17(2,3)22(4,5)18(20)12-11-15(18)16(19)21-13-14-9-7-6-8-10-14/h6-10,15H,11-13H2,1-5H3. The molecule has 1 aliphatic rings. The van der Waals surface area contributed by atoms with Gasteiger partial charge >= 0.3 is 5.97 Å². The fourth-order valence-corrected chi connectivity index (χ4v) is 5.68. The van der Waals surface area contributed by atoms with Crippen molar-refractivity contribution in [3.05, 3.63) is 41.1 Å². The van der Waals surface area contributed by atoms with Crippen LogP contribution < -0.4 is 0 Å². The van der Waals surface area contributed by atoms with Gasteiger partial charge in [0.15, 0.2) is 6.04 Å². The number of hydrogen-bond donors (Lipinski definition) is 0. The Bertz CT molecular complexity index is 539. The molecular formula is C17H27NO3Si. The molecule has 0 saturated carbocycles. The highest BCUT2D eigenvalue weighted by atomic mass is 28.3. The van der Waals surface area contributed by atoms with Gasteiger partial charge in [0.25, 0.3) is 8.24 Å². The van der Waals surface area contributed by atoms with E-state index in [4.69, 9.17) is 4.74 Å². The van der Waals surface area contributed by atoms with Crippen LogP contribution in [0.5, 0.6) is 0 Å². The summed E-state index contributed by atoms with van der Waals surface area (Å²) in [6.45, 7) is 11.3. The lowest BCUT2D eigenvalue weighted by Crippen LogP contribution is -2.77. The largest absolute Gasteiger partial charge is 0.652 e. The van der Waals surface area contributed by atoms with Crippen molar-refractivity contribution in [2.24, 2.45) is 0 Å². The highest BCUT2D eigenvalue weighted by Crippen LogP contribution is 2.47. The van der Waals surface area contributed by atoms with Gasteiger partial charge in [-0.2, -0.15) is 0 Å². The van der Waals surface area contributed by atoms with Crippen molar-refractivity contribution in [3.8, 4) is 0 Å². The van der Waals surface area contributed by atoms with Gasteiger partial charge < -0.3 is 14.3 Å². The van der Waals surface area contributed by atoms with E-state index >= 15 is 0 Å². The maximum Gasteiger partial charge on any atom is 0.364 e. The molecule has 1 aromatic carbocycles. The van der Waals surface area contributed by atoms with Gasteiger partial charge in [-0.25, -0.2) is 4.79 Å². The lowest BCUT2D eigenvalue weighted by molar-refractivity contribution is -0.847. The van der Waals surface area contributed by atoms with E-state index in [2.05, 4.69) is 33.9 Å². The summed E-state index contributed by atoms with van der Waals surface area (Å²) >= 11 is 0. The van der Waals surface area contributed by atoms with Crippen LogP contribution in [0.4, 0.5) is 0 Å². The lowest BCUT2D eigenvalue weighted by Gasteiger charge is -2.66. The Kier molecular flexibility index (Phi) is 4.53. The van der Waals surface area contributed by atoms with Crippen LogP contribution in [0, 0.1) is 5.21 Å². The van der Waals surface area contributed by atoms with Crippen LogP contribution in [-0.4, -0.2) is 31.1 Å². The minimum Gasteiger partial charge on any atom is -0.652 e. The number of esters is 1. The summed E-state index contributed by atoms with van der Waals surface area (Å²) in [5, 5.41) is 13.3. The molecule has 1 saturated heterocycles. The molecule has 1 heterocycles. The van der Waals surface area contributed by atoms with E-state index in [1.54, 1.807) is 0 Å². The Morgan fingerprint density at radius 1 is 1.32 bits per heavy atom. The zero-order valence-electron chi connectivity index (χ0n) is 14.3. The fraction of sp³-hybridized carbons (Fsp3) is 0.588. The van der Waals surface area contributed by atoms with Gasteiger partial charge in [-0.05, 0) is 18.7 Å². The van der Waals surface area contributed by atoms with E-state index in [0.717, 1.165) is 5.56 Å². The number of carbonyl (C=O) groups excluding carboxylic acids is 1. The van der Waals surface area contributed by atoms with E-state index in [1.807, 2.05) is 30.3 Å². The zero-order chi connectivity index (χ0) is 16.6. The van der Waals surface area contributed by atoms with Crippen LogP contribution in [-0.2, 0) is 16.1 Å². The third kappa shape index (κ3) is 2.85. The van der Waals surface area contributed by atoms with Crippen molar-refractivity contribution in [3.63, 3.8) is 0 Å². The molecule has 0 aliphatic carbocycles. The minimum absolute atomic E-state index is 0.0485. The van der Waals surface area contributed by atoms with E-state index in [9.17, 15) is 10.0 Å². The molecule has 1 aromatic rings. The Morgan fingerprint density at radius 2 is 1.91 bits per heavy atom. The quantitative estimate of drug-likeness (QED) is 0.481. The van der Waals surface area contributed by atoms with Gasteiger partial charge in [-0.3, -0.25) is 0 Å². The third-order valence-corrected chi connectivity index (χ3v) is 11.6. The molecule has 122 valence electrons. The topological polar surface area (TPSA) is 49.4 Å². The summed E-state index contributed by atoms with van der Waals surface area (Å²) in [7, 11) is -2.20. The average molecular weight is 321 g/mol. The van der Waals surface area contributed by atoms with Gasteiger partial charge in [-0.15, -0.1) is 0 Å².